The second-order valence-electron chi connectivity index (χ2n) is 5.52. The van der Waals surface area contributed by atoms with Crippen molar-refractivity contribution in [1.82, 2.24) is 5.43 Å². The second kappa shape index (κ2) is 11.3. The van der Waals surface area contributed by atoms with Crippen LogP contribution in [0.3, 0.4) is 0 Å². The molecule has 126 valence electrons. The van der Waals surface area contributed by atoms with E-state index in [9.17, 15) is 14.9 Å². The van der Waals surface area contributed by atoms with E-state index < -0.39 is 4.92 Å². The van der Waals surface area contributed by atoms with Crippen molar-refractivity contribution in [2.75, 3.05) is 0 Å². The summed E-state index contributed by atoms with van der Waals surface area (Å²) >= 11 is 0. The number of nitrogens with zero attached hydrogens (tertiary/aromatic N) is 2. The molecule has 1 aromatic rings. The van der Waals surface area contributed by atoms with Crippen LogP contribution in [-0.4, -0.2) is 17.0 Å². The number of carbonyl (C=O) groups is 1. The van der Waals surface area contributed by atoms with Crippen molar-refractivity contribution in [3.8, 4) is 0 Å². The Morgan fingerprint density at radius 3 is 2.61 bits per heavy atom. The molecule has 1 N–H and O–H groups in total. The molecular weight excluding hydrogens is 294 g/mol. The molecule has 0 heterocycles. The van der Waals surface area contributed by atoms with Crippen LogP contribution in [0.5, 0.6) is 0 Å². The predicted molar refractivity (Wildman–Crippen MR) is 91.4 cm³/mol. The third-order valence-corrected chi connectivity index (χ3v) is 3.49. The SMILES string of the molecule is CCCCCCCCCC(=O)NN=Cc1cccc([N+](=O)[O-])c1. The summed E-state index contributed by atoms with van der Waals surface area (Å²) in [5.41, 5.74) is 3.03. The third kappa shape index (κ3) is 8.70. The molecule has 0 saturated carbocycles. The molecule has 0 aromatic heterocycles. The van der Waals surface area contributed by atoms with E-state index >= 15 is 0 Å². The monoisotopic (exact) mass is 319 g/mol. The van der Waals surface area contributed by atoms with Crippen molar-refractivity contribution < 1.29 is 9.72 Å². The molecule has 0 unspecified atom stereocenters. The summed E-state index contributed by atoms with van der Waals surface area (Å²) in [5, 5.41) is 14.5. The molecule has 0 saturated heterocycles. The van der Waals surface area contributed by atoms with Crippen molar-refractivity contribution in [2.24, 2.45) is 5.10 Å². The van der Waals surface area contributed by atoms with Gasteiger partial charge in [0.1, 0.15) is 0 Å². The highest BCUT2D eigenvalue weighted by atomic mass is 16.6. The maximum atomic E-state index is 11.6. The Bertz CT molecular complexity index is 530. The highest BCUT2D eigenvalue weighted by molar-refractivity contribution is 5.83. The number of unbranched alkanes of at least 4 members (excludes halogenated alkanes) is 6. The van der Waals surface area contributed by atoms with Crippen molar-refractivity contribution >= 4 is 17.8 Å². The van der Waals surface area contributed by atoms with Crippen LogP contribution in [0.4, 0.5) is 5.69 Å². The van der Waals surface area contributed by atoms with Gasteiger partial charge in [-0.3, -0.25) is 14.9 Å². The number of non-ortho nitro benzene ring substituents is 1. The van der Waals surface area contributed by atoms with Crippen molar-refractivity contribution in [3.05, 3.63) is 39.9 Å². The summed E-state index contributed by atoms with van der Waals surface area (Å²) in [4.78, 5) is 21.8. The van der Waals surface area contributed by atoms with E-state index in [1.807, 2.05) is 0 Å². The fourth-order valence-corrected chi connectivity index (χ4v) is 2.20. The number of benzene rings is 1. The van der Waals surface area contributed by atoms with Gasteiger partial charge in [0.05, 0.1) is 11.1 Å². The average Bonchev–Trinajstić information content (AvgIpc) is 2.54. The van der Waals surface area contributed by atoms with Crippen LogP contribution < -0.4 is 5.43 Å². The second-order valence-corrected chi connectivity index (χ2v) is 5.52. The Morgan fingerprint density at radius 1 is 1.22 bits per heavy atom. The van der Waals surface area contributed by atoms with Gasteiger partial charge in [0.25, 0.3) is 5.69 Å². The predicted octanol–water partition coefficient (Wildman–Crippen LogP) is 4.19. The van der Waals surface area contributed by atoms with Gasteiger partial charge in [0.15, 0.2) is 0 Å². The first kappa shape index (κ1) is 18.8. The van der Waals surface area contributed by atoms with Gasteiger partial charge in [0, 0.05) is 24.1 Å². The zero-order chi connectivity index (χ0) is 16.9. The van der Waals surface area contributed by atoms with Crippen LogP contribution >= 0.6 is 0 Å². The van der Waals surface area contributed by atoms with Crippen LogP contribution in [0.15, 0.2) is 29.4 Å². The van der Waals surface area contributed by atoms with Crippen LogP contribution in [-0.2, 0) is 4.79 Å². The first-order valence-corrected chi connectivity index (χ1v) is 8.20. The van der Waals surface area contributed by atoms with E-state index in [2.05, 4.69) is 17.5 Å². The molecule has 1 aromatic carbocycles. The normalized spacial score (nSPS) is 10.8. The molecule has 0 fully saturated rings. The number of nitro benzene ring substituents is 1. The number of carbonyl (C=O) groups excluding carboxylic acids is 1. The van der Waals surface area contributed by atoms with Crippen LogP contribution in [0.1, 0.15) is 63.9 Å². The zero-order valence-electron chi connectivity index (χ0n) is 13.7. The van der Waals surface area contributed by atoms with Gasteiger partial charge >= 0.3 is 0 Å². The van der Waals surface area contributed by atoms with E-state index in [-0.39, 0.29) is 11.6 Å². The summed E-state index contributed by atoms with van der Waals surface area (Å²) in [7, 11) is 0. The smallest absolute Gasteiger partial charge is 0.270 e. The van der Waals surface area contributed by atoms with E-state index in [0.29, 0.717) is 12.0 Å². The lowest BCUT2D eigenvalue weighted by Gasteiger charge is -2.01. The molecule has 0 atom stereocenters. The quantitative estimate of drug-likeness (QED) is 0.287. The van der Waals surface area contributed by atoms with Crippen LogP contribution in [0, 0.1) is 10.1 Å². The van der Waals surface area contributed by atoms with Crippen LogP contribution in [0.25, 0.3) is 0 Å². The van der Waals surface area contributed by atoms with E-state index in [0.717, 1.165) is 12.8 Å². The molecule has 6 heteroatoms. The van der Waals surface area contributed by atoms with Crippen LogP contribution in [0.2, 0.25) is 0 Å². The van der Waals surface area contributed by atoms with E-state index in [1.54, 1.807) is 12.1 Å². The first-order valence-electron chi connectivity index (χ1n) is 8.20. The van der Waals surface area contributed by atoms with Crippen molar-refractivity contribution in [1.29, 1.82) is 0 Å². The van der Waals surface area contributed by atoms with Gasteiger partial charge in [0.2, 0.25) is 5.91 Å². The first-order chi connectivity index (χ1) is 11.1. The Labute approximate surface area is 137 Å². The molecule has 1 amide bonds. The van der Waals surface area contributed by atoms with Gasteiger partial charge in [-0.05, 0) is 6.42 Å². The lowest BCUT2D eigenvalue weighted by molar-refractivity contribution is -0.384. The van der Waals surface area contributed by atoms with Crippen molar-refractivity contribution in [2.45, 2.75) is 58.3 Å². The minimum absolute atomic E-state index is 0.00310. The Hall–Kier alpha value is -2.24. The molecule has 1 rings (SSSR count). The number of rotatable bonds is 11. The Balaban J connectivity index is 2.20. The number of hydrogen-bond donors (Lipinski definition) is 1. The standard InChI is InChI=1S/C17H25N3O3/c1-2-3-4-5-6-7-8-12-17(21)19-18-14-15-10-9-11-16(13-15)20(22)23/h9-11,13-14H,2-8,12H2,1H3,(H,19,21). The summed E-state index contributed by atoms with van der Waals surface area (Å²) in [6.07, 6.45) is 10.0. The molecule has 0 spiro atoms. The highest BCUT2D eigenvalue weighted by Crippen LogP contribution is 2.11. The molecule has 0 aliphatic rings. The summed E-state index contributed by atoms with van der Waals surface area (Å²) < 4.78 is 0. The number of hydrazone groups is 1. The lowest BCUT2D eigenvalue weighted by atomic mass is 10.1. The molecule has 0 aliphatic carbocycles. The molecular formula is C17H25N3O3. The molecule has 0 radical (unpaired) electrons. The fourth-order valence-electron chi connectivity index (χ4n) is 2.20. The highest BCUT2D eigenvalue weighted by Gasteiger charge is 2.04. The maximum absolute atomic E-state index is 11.6. The number of hydrogen-bond acceptors (Lipinski definition) is 4. The van der Waals surface area contributed by atoms with Crippen molar-refractivity contribution in [3.63, 3.8) is 0 Å². The molecule has 6 nitrogen and oxygen atoms in total. The summed E-state index contributed by atoms with van der Waals surface area (Å²) in [6.45, 7) is 2.19. The summed E-state index contributed by atoms with van der Waals surface area (Å²) in [6, 6.07) is 6.10. The third-order valence-electron chi connectivity index (χ3n) is 3.49. The number of nitrogens with one attached hydrogen (secondary N) is 1. The summed E-state index contributed by atoms with van der Waals surface area (Å²) in [5.74, 6) is -0.125. The van der Waals surface area contributed by atoms with E-state index in [4.69, 9.17) is 0 Å². The minimum atomic E-state index is -0.462. The van der Waals surface area contributed by atoms with Gasteiger partial charge < -0.3 is 0 Å². The van der Waals surface area contributed by atoms with Gasteiger partial charge in [-0.1, -0.05) is 57.6 Å². The molecule has 0 aliphatic heterocycles. The number of amides is 1. The van der Waals surface area contributed by atoms with E-state index in [1.165, 1.54) is 50.5 Å². The average molecular weight is 319 g/mol. The Morgan fingerprint density at radius 2 is 1.91 bits per heavy atom. The van der Waals surface area contributed by atoms with Gasteiger partial charge in [-0.25, -0.2) is 5.43 Å². The van der Waals surface area contributed by atoms with Gasteiger partial charge in [-0.2, -0.15) is 5.10 Å². The minimum Gasteiger partial charge on any atom is -0.273 e. The maximum Gasteiger partial charge on any atom is 0.270 e. The molecule has 0 bridgehead atoms. The lowest BCUT2D eigenvalue weighted by Crippen LogP contribution is -2.16. The fraction of sp³-hybridized carbons (Fsp3) is 0.529. The zero-order valence-corrected chi connectivity index (χ0v) is 13.7. The Kier molecular flexibility index (Phi) is 9.28. The number of nitro groups is 1. The topological polar surface area (TPSA) is 84.6 Å². The largest absolute Gasteiger partial charge is 0.273 e. The van der Waals surface area contributed by atoms with Gasteiger partial charge in [-0.15, -0.1) is 0 Å². The molecule has 23 heavy (non-hydrogen) atoms.